The van der Waals surface area contributed by atoms with Crippen LogP contribution in [0.25, 0.3) is 0 Å². The average Bonchev–Trinajstić information content (AvgIpc) is 2.18. The van der Waals surface area contributed by atoms with E-state index in [2.05, 4.69) is 18.7 Å². The maximum absolute atomic E-state index is 9.41. The molecule has 1 aromatic rings. The summed E-state index contributed by atoms with van der Waals surface area (Å²) < 4.78 is 0. The molecule has 0 fully saturated rings. The third-order valence-electron chi connectivity index (χ3n) is 3.06. The van der Waals surface area contributed by atoms with Crippen molar-refractivity contribution in [2.24, 2.45) is 5.73 Å². The fraction of sp³-hybridized carbons (Fsp3) is 0.500. The van der Waals surface area contributed by atoms with Crippen molar-refractivity contribution in [3.8, 4) is 5.75 Å². The molecule has 82 valence electrons. The first-order chi connectivity index (χ1) is 7.08. The summed E-state index contributed by atoms with van der Waals surface area (Å²) in [6, 6.07) is 6.02. The van der Waals surface area contributed by atoms with Crippen molar-refractivity contribution >= 4 is 0 Å². The quantitative estimate of drug-likeness (QED) is 0.734. The normalized spacial score (nSPS) is 21.7. The van der Waals surface area contributed by atoms with Crippen molar-refractivity contribution in [2.75, 3.05) is 6.54 Å². The molecule has 3 nitrogen and oxygen atoms in total. The predicted octanol–water partition coefficient (Wildman–Crippen LogP) is 1.62. The van der Waals surface area contributed by atoms with E-state index >= 15 is 0 Å². The van der Waals surface area contributed by atoms with Crippen molar-refractivity contribution < 1.29 is 5.11 Å². The summed E-state index contributed by atoms with van der Waals surface area (Å²) in [5, 5.41) is 9.41. The van der Waals surface area contributed by atoms with Crippen molar-refractivity contribution in [3.05, 3.63) is 29.3 Å². The Balaban J connectivity index is 2.32. The second kappa shape index (κ2) is 3.83. The summed E-state index contributed by atoms with van der Waals surface area (Å²) in [5.41, 5.74) is 8.42. The van der Waals surface area contributed by atoms with Crippen LogP contribution in [0.15, 0.2) is 18.2 Å². The lowest BCUT2D eigenvalue weighted by Crippen LogP contribution is -2.40. The molecule has 0 saturated heterocycles. The van der Waals surface area contributed by atoms with Gasteiger partial charge in [-0.15, -0.1) is 0 Å². The highest BCUT2D eigenvalue weighted by molar-refractivity contribution is 5.38. The van der Waals surface area contributed by atoms with E-state index < -0.39 is 0 Å². The second-order valence-corrected chi connectivity index (χ2v) is 4.51. The van der Waals surface area contributed by atoms with Crippen LogP contribution in [0.2, 0.25) is 0 Å². The van der Waals surface area contributed by atoms with E-state index in [9.17, 15) is 5.11 Å². The molecule has 0 spiro atoms. The van der Waals surface area contributed by atoms with E-state index in [1.807, 2.05) is 6.07 Å². The van der Waals surface area contributed by atoms with Crippen LogP contribution in [0.3, 0.4) is 0 Å². The van der Waals surface area contributed by atoms with E-state index in [1.54, 1.807) is 12.1 Å². The van der Waals surface area contributed by atoms with Crippen LogP contribution in [-0.4, -0.2) is 22.6 Å². The molecule has 0 bridgehead atoms. The molecule has 1 unspecified atom stereocenters. The fourth-order valence-electron chi connectivity index (χ4n) is 2.10. The van der Waals surface area contributed by atoms with Gasteiger partial charge in [-0.25, -0.2) is 0 Å². The maximum Gasteiger partial charge on any atom is 0.115 e. The Morgan fingerprint density at radius 3 is 2.87 bits per heavy atom. The van der Waals surface area contributed by atoms with Crippen LogP contribution in [0.4, 0.5) is 0 Å². The van der Waals surface area contributed by atoms with Gasteiger partial charge < -0.3 is 10.8 Å². The summed E-state index contributed by atoms with van der Waals surface area (Å²) in [6.45, 7) is 6.16. The summed E-state index contributed by atoms with van der Waals surface area (Å²) in [5.74, 6) is 0.308. The Labute approximate surface area is 90.5 Å². The van der Waals surface area contributed by atoms with Gasteiger partial charge in [-0.05, 0) is 37.1 Å². The maximum atomic E-state index is 9.41. The highest BCUT2D eigenvalue weighted by Crippen LogP contribution is 2.28. The van der Waals surface area contributed by atoms with Crippen LogP contribution >= 0.6 is 0 Å². The second-order valence-electron chi connectivity index (χ2n) is 4.51. The lowest BCUT2D eigenvalue weighted by Gasteiger charge is -2.35. The zero-order chi connectivity index (χ0) is 11.0. The molecule has 3 N–H and O–H groups in total. The Bertz CT molecular complexity index is 363. The number of benzene rings is 1. The molecular weight excluding hydrogens is 188 g/mol. The highest BCUT2D eigenvalue weighted by Gasteiger charge is 2.24. The molecule has 0 amide bonds. The first-order valence-electron chi connectivity index (χ1n) is 5.39. The number of aromatic hydroxyl groups is 1. The molecule has 0 aliphatic carbocycles. The zero-order valence-electron chi connectivity index (χ0n) is 9.27. The smallest absolute Gasteiger partial charge is 0.115 e. The van der Waals surface area contributed by atoms with Gasteiger partial charge in [0.2, 0.25) is 0 Å². The summed E-state index contributed by atoms with van der Waals surface area (Å²) in [4.78, 5) is 2.35. The molecular formula is C12H18N2O. The average molecular weight is 206 g/mol. The van der Waals surface area contributed by atoms with Gasteiger partial charge in [-0.2, -0.15) is 0 Å². The van der Waals surface area contributed by atoms with Gasteiger partial charge in [0, 0.05) is 25.2 Å². The molecule has 1 aliphatic heterocycles. The standard InChI is InChI=1S/C12H18N2O/c1-8(2)14-6-9-3-4-10(15)5-11(9)12(13)7-14/h3-5,8,12,15H,6-7,13H2,1-2H3. The summed E-state index contributed by atoms with van der Waals surface area (Å²) in [7, 11) is 0. The van der Waals surface area contributed by atoms with Crippen LogP contribution in [0.1, 0.15) is 31.0 Å². The molecule has 1 aliphatic rings. The minimum Gasteiger partial charge on any atom is -0.508 e. The molecule has 1 atom stereocenters. The molecule has 2 rings (SSSR count). The van der Waals surface area contributed by atoms with E-state index in [0.717, 1.165) is 18.7 Å². The van der Waals surface area contributed by atoms with Gasteiger partial charge in [0.15, 0.2) is 0 Å². The van der Waals surface area contributed by atoms with Gasteiger partial charge in [-0.3, -0.25) is 4.90 Å². The van der Waals surface area contributed by atoms with Crippen molar-refractivity contribution in [1.29, 1.82) is 0 Å². The first kappa shape index (κ1) is 10.5. The Morgan fingerprint density at radius 2 is 2.20 bits per heavy atom. The van der Waals surface area contributed by atoms with Crippen LogP contribution in [0, 0.1) is 0 Å². The fourth-order valence-corrected chi connectivity index (χ4v) is 2.10. The minimum atomic E-state index is 0.0169. The largest absolute Gasteiger partial charge is 0.508 e. The van der Waals surface area contributed by atoms with Crippen molar-refractivity contribution in [2.45, 2.75) is 32.5 Å². The lowest BCUT2D eigenvalue weighted by molar-refractivity contribution is 0.185. The Morgan fingerprint density at radius 1 is 1.47 bits per heavy atom. The number of rotatable bonds is 1. The molecule has 1 heterocycles. The van der Waals surface area contributed by atoms with Crippen LogP contribution < -0.4 is 5.73 Å². The molecule has 15 heavy (non-hydrogen) atoms. The summed E-state index contributed by atoms with van der Waals surface area (Å²) >= 11 is 0. The number of nitrogens with two attached hydrogens (primary N) is 1. The van der Waals surface area contributed by atoms with Gasteiger partial charge in [0.25, 0.3) is 0 Å². The summed E-state index contributed by atoms with van der Waals surface area (Å²) in [6.07, 6.45) is 0. The third-order valence-corrected chi connectivity index (χ3v) is 3.06. The van der Waals surface area contributed by atoms with Gasteiger partial charge >= 0.3 is 0 Å². The van der Waals surface area contributed by atoms with E-state index in [4.69, 9.17) is 5.73 Å². The van der Waals surface area contributed by atoms with E-state index in [0.29, 0.717) is 11.8 Å². The number of nitrogens with zero attached hydrogens (tertiary/aromatic N) is 1. The highest BCUT2D eigenvalue weighted by atomic mass is 16.3. The number of phenols is 1. The SMILES string of the molecule is CC(C)N1Cc2ccc(O)cc2C(N)C1. The molecule has 0 saturated carbocycles. The van der Waals surface area contributed by atoms with Crippen LogP contribution in [0.5, 0.6) is 5.75 Å². The van der Waals surface area contributed by atoms with Crippen LogP contribution in [-0.2, 0) is 6.54 Å². The van der Waals surface area contributed by atoms with E-state index in [-0.39, 0.29) is 6.04 Å². The molecule has 0 radical (unpaired) electrons. The first-order valence-corrected chi connectivity index (χ1v) is 5.39. The number of fused-ring (bicyclic) bond motifs is 1. The lowest BCUT2D eigenvalue weighted by atomic mass is 9.95. The van der Waals surface area contributed by atoms with Crippen molar-refractivity contribution in [1.82, 2.24) is 4.90 Å². The van der Waals surface area contributed by atoms with Gasteiger partial charge in [-0.1, -0.05) is 6.07 Å². The minimum absolute atomic E-state index is 0.0169. The molecule has 3 heteroatoms. The zero-order valence-corrected chi connectivity index (χ0v) is 9.27. The Kier molecular flexibility index (Phi) is 2.67. The van der Waals surface area contributed by atoms with Gasteiger partial charge in [0.05, 0.1) is 0 Å². The van der Waals surface area contributed by atoms with Gasteiger partial charge in [0.1, 0.15) is 5.75 Å². The molecule has 1 aromatic carbocycles. The number of hydrogen-bond acceptors (Lipinski definition) is 3. The topological polar surface area (TPSA) is 49.5 Å². The monoisotopic (exact) mass is 206 g/mol. The number of phenolic OH excluding ortho intramolecular Hbond substituents is 1. The van der Waals surface area contributed by atoms with Crippen molar-refractivity contribution in [3.63, 3.8) is 0 Å². The number of hydrogen-bond donors (Lipinski definition) is 2. The predicted molar refractivity (Wildman–Crippen MR) is 60.6 cm³/mol. The molecule has 0 aromatic heterocycles. The third kappa shape index (κ3) is 1.98. The van der Waals surface area contributed by atoms with E-state index in [1.165, 1.54) is 5.56 Å². The Hall–Kier alpha value is -1.06.